The lowest BCUT2D eigenvalue weighted by atomic mass is 9.68. The second kappa shape index (κ2) is 31.6. The summed E-state index contributed by atoms with van der Waals surface area (Å²) >= 11 is 6.37. The van der Waals surface area contributed by atoms with Crippen LogP contribution in [0.2, 0.25) is 5.02 Å². The maximum Gasteiger partial charge on any atom is 0.335 e. The minimum atomic E-state index is -0.998. The number of aromatic carboxylic acids is 1. The van der Waals surface area contributed by atoms with E-state index in [1.807, 2.05) is 78.0 Å². The van der Waals surface area contributed by atoms with Gasteiger partial charge in [-0.05, 0) is 121 Å². The zero-order valence-electron chi connectivity index (χ0n) is 48.1. The number of halogens is 1. The van der Waals surface area contributed by atoms with Crippen molar-refractivity contribution in [2.24, 2.45) is 0 Å². The lowest BCUT2D eigenvalue weighted by Gasteiger charge is -2.40. The molecule has 4 aromatic heterocycles. The number of benzene rings is 3. The van der Waals surface area contributed by atoms with Crippen LogP contribution >= 0.6 is 11.6 Å². The highest BCUT2D eigenvalue weighted by molar-refractivity contribution is 6.30. The number of carboxylic acid groups (broad SMARTS) is 1. The molecule has 3 aromatic carbocycles. The average molecular weight is 1150 g/mol. The van der Waals surface area contributed by atoms with Crippen LogP contribution in [0.1, 0.15) is 166 Å². The molecule has 1 aliphatic rings. The highest BCUT2D eigenvalue weighted by Gasteiger charge is 2.43. The molecule has 1 fully saturated rings. The smallest absolute Gasteiger partial charge is 0.335 e. The van der Waals surface area contributed by atoms with Crippen molar-refractivity contribution in [3.05, 3.63) is 184 Å². The maximum atomic E-state index is 15.2. The Balaban J connectivity index is 1.05. The number of unbranched alkanes of at least 4 members (excludes halogenated alkanes) is 5. The number of imidazole rings is 2. The highest BCUT2D eigenvalue weighted by atomic mass is 35.5. The number of ether oxygens (including phenoxy) is 1. The summed E-state index contributed by atoms with van der Waals surface area (Å²) in [5.41, 5.74) is 4.91. The van der Waals surface area contributed by atoms with Crippen LogP contribution in [0.5, 0.6) is 5.75 Å². The first kappa shape index (κ1) is 61.3. The van der Waals surface area contributed by atoms with Crippen LogP contribution in [0.25, 0.3) is 0 Å². The summed E-state index contributed by atoms with van der Waals surface area (Å²) in [6.07, 6.45) is 19.5. The van der Waals surface area contributed by atoms with Gasteiger partial charge in [-0.1, -0.05) is 113 Å². The van der Waals surface area contributed by atoms with Crippen LogP contribution in [-0.2, 0) is 65.6 Å². The number of nitrogens with one attached hydrogen (secondary N) is 4. The third-order valence-electron chi connectivity index (χ3n) is 15.1. The minimum Gasteiger partial charge on any atom is -0.494 e. The number of carbonyl (C=O) groups is 4. The number of H-pyrrole nitrogens is 2. The molecule has 0 bridgehead atoms. The Hall–Kier alpha value is -7.73. The summed E-state index contributed by atoms with van der Waals surface area (Å²) in [6, 6.07) is 32.3. The minimum absolute atomic E-state index is 0.0494. The second-order valence-corrected chi connectivity index (χ2v) is 22.3. The van der Waals surface area contributed by atoms with E-state index in [1.165, 1.54) is 0 Å². The fourth-order valence-corrected chi connectivity index (χ4v) is 11.1. The monoisotopic (exact) mass is 1150 g/mol. The number of amides is 3. The van der Waals surface area contributed by atoms with E-state index in [2.05, 4.69) is 72.4 Å². The number of carboxylic acids is 1. The first-order valence-corrected chi connectivity index (χ1v) is 29.9. The van der Waals surface area contributed by atoms with Gasteiger partial charge in [-0.3, -0.25) is 24.2 Å². The van der Waals surface area contributed by atoms with E-state index in [0.717, 1.165) is 116 Å². The fourth-order valence-electron chi connectivity index (χ4n) is 10.9. The van der Waals surface area contributed by atoms with Gasteiger partial charge in [-0.15, -0.1) is 0 Å². The normalized spacial score (nSPS) is 13.0. The van der Waals surface area contributed by atoms with Gasteiger partial charge in [0.1, 0.15) is 29.0 Å². The van der Waals surface area contributed by atoms with Crippen LogP contribution < -0.4 is 15.4 Å². The molecule has 0 atom stereocenters. The standard InChI is InChI=1S/C65H80ClN11O6/c1-3-5-8-20-61(78)73-57-18-14-16-54(71-57)44-75(46-59-67-32-33-68-59)41-49-38-50(42-76(47-60-69-34-35-70-60)45-55-17-15-19-58(72-55)74-62(79)21-9-6-4-2)40-56(39-49)83-37-13-12-36-77(43-48-22-24-51(25-23-48)63(80)81)64(82)65(30-10-7-11-31-65)52-26-28-53(66)29-27-52/h14-19,22-29,32-35,38-40H,3-13,20-21,30-31,36-37,41-47H2,1-2H3,(H,67,68)(H,69,70)(H,80,81)(H,71,73,78)(H,72,74,79). The molecule has 1 saturated carbocycles. The molecule has 5 N–H and O–H groups in total. The number of aromatic amines is 2. The number of hydrogen-bond donors (Lipinski definition) is 5. The summed E-state index contributed by atoms with van der Waals surface area (Å²) in [6.45, 7) is 8.33. The second-order valence-electron chi connectivity index (χ2n) is 21.8. The van der Waals surface area contributed by atoms with Crippen molar-refractivity contribution in [2.75, 3.05) is 23.8 Å². The lowest BCUT2D eigenvalue weighted by molar-refractivity contribution is -0.139. The molecule has 8 rings (SSSR count). The van der Waals surface area contributed by atoms with Crippen LogP contribution in [0.15, 0.2) is 128 Å². The molecule has 0 spiro atoms. The molecule has 7 aromatic rings. The predicted molar refractivity (Wildman–Crippen MR) is 323 cm³/mol. The quantitative estimate of drug-likeness (QED) is 0.0243. The van der Waals surface area contributed by atoms with Crippen molar-refractivity contribution in [1.82, 2.24) is 44.6 Å². The molecule has 18 heteroatoms. The summed E-state index contributed by atoms with van der Waals surface area (Å²) in [7, 11) is 0. The topological polar surface area (TPSA) is 215 Å². The van der Waals surface area contributed by atoms with Gasteiger partial charge in [0.15, 0.2) is 0 Å². The number of carbonyl (C=O) groups excluding carboxylic acids is 3. The molecule has 0 saturated heterocycles. The Morgan fingerprint density at radius 1 is 0.614 bits per heavy atom. The Bertz CT molecular complexity index is 3000. The van der Waals surface area contributed by atoms with Crippen LogP contribution in [0, 0.1) is 0 Å². The average Bonchev–Trinajstić information content (AvgIpc) is 4.33. The molecular weight excluding hydrogens is 1070 g/mol. The Kier molecular flexibility index (Phi) is 23.4. The molecule has 3 amide bonds. The van der Waals surface area contributed by atoms with Crippen molar-refractivity contribution in [3.63, 3.8) is 0 Å². The summed E-state index contributed by atoms with van der Waals surface area (Å²) in [5, 5.41) is 16.3. The Labute approximate surface area is 493 Å². The molecule has 4 heterocycles. The Morgan fingerprint density at radius 3 is 1.67 bits per heavy atom. The van der Waals surface area contributed by atoms with Crippen LogP contribution in [0.3, 0.4) is 0 Å². The summed E-state index contributed by atoms with van der Waals surface area (Å²) in [4.78, 5) is 84.6. The van der Waals surface area contributed by atoms with Crippen LogP contribution in [0.4, 0.5) is 11.6 Å². The van der Waals surface area contributed by atoms with Gasteiger partial charge in [0.25, 0.3) is 0 Å². The molecule has 438 valence electrons. The number of pyridine rings is 2. The number of rotatable bonds is 33. The largest absolute Gasteiger partial charge is 0.494 e. The van der Waals surface area contributed by atoms with Gasteiger partial charge in [-0.2, -0.15) is 0 Å². The number of hydrogen-bond acceptors (Lipinski definition) is 11. The zero-order valence-corrected chi connectivity index (χ0v) is 48.8. The zero-order chi connectivity index (χ0) is 58.2. The molecule has 0 aliphatic heterocycles. The molecule has 83 heavy (non-hydrogen) atoms. The third-order valence-corrected chi connectivity index (χ3v) is 15.3. The van der Waals surface area contributed by atoms with E-state index < -0.39 is 11.4 Å². The van der Waals surface area contributed by atoms with Gasteiger partial charge in [0, 0.05) is 81.9 Å². The van der Waals surface area contributed by atoms with E-state index in [4.69, 9.17) is 26.3 Å². The third kappa shape index (κ3) is 19.2. The molecule has 1 aliphatic carbocycles. The summed E-state index contributed by atoms with van der Waals surface area (Å²) < 4.78 is 6.74. The molecule has 0 unspecified atom stereocenters. The SMILES string of the molecule is CCCCCC(=O)Nc1cccc(CN(Cc2cc(CN(Cc3cccc(NC(=O)CCCCC)n3)Cc3ncc[nH]3)cc(OCCCCN(Cc3ccc(C(=O)O)cc3)C(=O)C3(c4ccc(Cl)cc4)CCCCC3)c2)Cc2ncc[nH]2)n1. The van der Waals surface area contributed by atoms with Crippen LogP contribution in [-0.4, -0.2) is 86.6 Å². The lowest BCUT2D eigenvalue weighted by Crippen LogP contribution is -2.48. The van der Waals surface area contributed by atoms with Gasteiger partial charge < -0.3 is 35.3 Å². The Morgan fingerprint density at radius 2 is 1.17 bits per heavy atom. The number of anilines is 2. The van der Waals surface area contributed by atoms with E-state index >= 15 is 4.79 Å². The van der Waals surface area contributed by atoms with Crippen molar-refractivity contribution in [1.29, 1.82) is 0 Å². The molecule has 17 nitrogen and oxygen atoms in total. The fraction of sp³-hybridized carbons (Fsp3) is 0.415. The summed E-state index contributed by atoms with van der Waals surface area (Å²) in [5.74, 6) is 2.29. The van der Waals surface area contributed by atoms with E-state index in [9.17, 15) is 19.5 Å². The van der Waals surface area contributed by atoms with Gasteiger partial charge >= 0.3 is 5.97 Å². The van der Waals surface area contributed by atoms with Crippen molar-refractivity contribution in [3.8, 4) is 5.75 Å². The van der Waals surface area contributed by atoms with Crippen molar-refractivity contribution < 1.29 is 29.0 Å². The maximum absolute atomic E-state index is 15.2. The van der Waals surface area contributed by atoms with Gasteiger partial charge in [0.2, 0.25) is 17.7 Å². The molecular formula is C65H80ClN11O6. The van der Waals surface area contributed by atoms with Gasteiger partial charge in [0.05, 0.1) is 42.1 Å². The first-order valence-electron chi connectivity index (χ1n) is 29.5. The number of nitrogens with zero attached hydrogens (tertiary/aromatic N) is 7. The van der Waals surface area contributed by atoms with E-state index in [1.54, 1.807) is 36.7 Å². The van der Waals surface area contributed by atoms with E-state index in [-0.39, 0.29) is 23.3 Å². The van der Waals surface area contributed by atoms with Gasteiger partial charge in [-0.25, -0.2) is 24.7 Å². The predicted octanol–water partition coefficient (Wildman–Crippen LogP) is 12.8. The number of aromatic nitrogens is 6. The van der Waals surface area contributed by atoms with Crippen molar-refractivity contribution in [2.45, 2.75) is 161 Å². The highest BCUT2D eigenvalue weighted by Crippen LogP contribution is 2.42. The molecule has 0 radical (unpaired) electrons. The van der Waals surface area contributed by atoms with E-state index in [0.29, 0.717) is 107 Å². The first-order chi connectivity index (χ1) is 40.4. The van der Waals surface area contributed by atoms with Crippen molar-refractivity contribution >= 4 is 46.9 Å².